The Labute approximate surface area is 168 Å². The maximum atomic E-state index is 10.3. The highest BCUT2D eigenvalue weighted by Crippen LogP contribution is 2.36. The minimum absolute atomic E-state index is 0.0228. The van der Waals surface area contributed by atoms with Crippen LogP contribution in [0.25, 0.3) is 0 Å². The van der Waals surface area contributed by atoms with Crippen LogP contribution in [0.5, 0.6) is 11.5 Å². The smallest absolute Gasteiger partial charge is 0.173 e. The van der Waals surface area contributed by atoms with E-state index < -0.39 is 29.0 Å². The molecule has 2 aromatic rings. The molecule has 7 heteroatoms. The lowest BCUT2D eigenvalue weighted by molar-refractivity contribution is -0.0910. The maximum Gasteiger partial charge on any atom is 0.173 e. The summed E-state index contributed by atoms with van der Waals surface area (Å²) >= 11 is 1.06. The molecule has 28 heavy (non-hydrogen) atoms. The molecule has 0 bridgehead atoms. The van der Waals surface area contributed by atoms with E-state index in [4.69, 9.17) is 4.74 Å². The largest absolute Gasteiger partial charge is 0.508 e. The topological polar surface area (TPSA) is 110 Å². The van der Waals surface area contributed by atoms with Gasteiger partial charge in [0.05, 0.1) is 18.0 Å². The van der Waals surface area contributed by atoms with Gasteiger partial charge in [0.2, 0.25) is 0 Å². The highest BCUT2D eigenvalue weighted by molar-refractivity contribution is 8.00. The number of phenols is 1. The summed E-state index contributed by atoms with van der Waals surface area (Å²) < 4.78 is 5.92. The molecule has 5 N–H and O–H groups in total. The number of aliphatic hydroxyl groups excluding tert-OH is 4. The Kier molecular flexibility index (Phi) is 6.85. The molecule has 1 aliphatic rings. The average Bonchev–Trinajstić information content (AvgIpc) is 2.71. The molecule has 1 heterocycles. The van der Waals surface area contributed by atoms with Crippen molar-refractivity contribution >= 4 is 11.8 Å². The quantitative estimate of drug-likeness (QED) is 0.494. The third-order valence-electron chi connectivity index (χ3n) is 4.97. The first kappa shape index (κ1) is 21.0. The summed E-state index contributed by atoms with van der Waals surface area (Å²) in [6.45, 7) is 1.74. The minimum Gasteiger partial charge on any atom is -0.508 e. The van der Waals surface area contributed by atoms with Crippen LogP contribution in [0, 0.1) is 0 Å². The zero-order valence-electron chi connectivity index (χ0n) is 15.6. The van der Waals surface area contributed by atoms with E-state index in [1.54, 1.807) is 12.1 Å². The Morgan fingerprint density at radius 2 is 1.61 bits per heavy atom. The molecule has 3 rings (SSSR count). The number of hydrogen-bond donors (Lipinski definition) is 5. The summed E-state index contributed by atoms with van der Waals surface area (Å²) in [5, 5.41) is 48.9. The number of rotatable bonds is 6. The van der Waals surface area contributed by atoms with Gasteiger partial charge in [0.25, 0.3) is 0 Å². The summed E-state index contributed by atoms with van der Waals surface area (Å²) in [6, 6.07) is 13.0. The summed E-state index contributed by atoms with van der Waals surface area (Å²) in [5.41, 5.74) is 2.25. The Bertz CT molecular complexity index is 779. The van der Waals surface area contributed by atoms with Gasteiger partial charge in [-0.05, 0) is 29.2 Å². The van der Waals surface area contributed by atoms with Crippen molar-refractivity contribution < 1.29 is 30.3 Å². The van der Waals surface area contributed by atoms with Gasteiger partial charge in [0.1, 0.15) is 23.7 Å². The fourth-order valence-corrected chi connectivity index (χ4v) is 4.44. The van der Waals surface area contributed by atoms with Gasteiger partial charge in [0.15, 0.2) is 5.44 Å². The van der Waals surface area contributed by atoms with Crippen molar-refractivity contribution in [2.24, 2.45) is 0 Å². The third-order valence-corrected chi connectivity index (χ3v) is 6.39. The van der Waals surface area contributed by atoms with Crippen molar-refractivity contribution in [2.75, 3.05) is 6.61 Å². The monoisotopic (exact) mass is 406 g/mol. The Morgan fingerprint density at radius 3 is 2.25 bits per heavy atom. The molecule has 5 atom stereocenters. The molecule has 0 aromatic heterocycles. The van der Waals surface area contributed by atoms with E-state index in [2.05, 4.69) is 19.1 Å². The number of aliphatic hydroxyl groups is 4. The number of phenolic OH excluding ortho intramolecular Hbond substituents is 1. The van der Waals surface area contributed by atoms with Crippen molar-refractivity contribution in [3.8, 4) is 11.5 Å². The molecular weight excluding hydrogens is 380 g/mol. The average molecular weight is 407 g/mol. The van der Waals surface area contributed by atoms with E-state index in [1.807, 2.05) is 12.1 Å². The van der Waals surface area contributed by atoms with Crippen molar-refractivity contribution in [3.05, 3.63) is 59.2 Å². The summed E-state index contributed by atoms with van der Waals surface area (Å²) in [7, 11) is 0. The normalized spacial score (nSPS) is 27.5. The zero-order chi connectivity index (χ0) is 20.3. The lowest BCUT2D eigenvalue weighted by Crippen LogP contribution is -2.55. The summed E-state index contributed by atoms with van der Waals surface area (Å²) in [4.78, 5) is 0. The second-order valence-corrected chi connectivity index (χ2v) is 8.30. The fourth-order valence-electron chi connectivity index (χ4n) is 3.20. The molecule has 1 aliphatic heterocycles. The van der Waals surface area contributed by atoms with Crippen LogP contribution < -0.4 is 4.74 Å². The molecule has 0 spiro atoms. The fraction of sp³-hybridized carbons (Fsp3) is 0.429. The Balaban J connectivity index is 1.82. The van der Waals surface area contributed by atoms with Crippen LogP contribution in [0.3, 0.4) is 0 Å². The molecule has 1 saturated heterocycles. The van der Waals surface area contributed by atoms with E-state index in [-0.39, 0.29) is 12.4 Å². The van der Waals surface area contributed by atoms with Crippen LogP contribution in [-0.4, -0.2) is 61.1 Å². The first-order valence-corrected chi connectivity index (χ1v) is 10.2. The molecule has 5 unspecified atom stereocenters. The Morgan fingerprint density at radius 1 is 0.929 bits per heavy atom. The van der Waals surface area contributed by atoms with Gasteiger partial charge >= 0.3 is 0 Å². The number of aryl methyl sites for hydroxylation is 1. The van der Waals surface area contributed by atoms with Crippen LogP contribution in [0.4, 0.5) is 0 Å². The standard InChI is InChI=1S/C21H26O6S/c1-2-12-3-5-13(6-4-12)9-14-7-8-15(23)10-16(14)27-21-20(26)19(25)18(24)17(11-22)28-21/h3-8,10,17-26H,2,9,11H2,1H3. The molecule has 1 fully saturated rings. The van der Waals surface area contributed by atoms with Gasteiger partial charge in [-0.2, -0.15) is 0 Å². The second kappa shape index (κ2) is 9.15. The van der Waals surface area contributed by atoms with Crippen LogP contribution in [0.1, 0.15) is 23.6 Å². The van der Waals surface area contributed by atoms with E-state index >= 15 is 0 Å². The van der Waals surface area contributed by atoms with Gasteiger partial charge in [-0.1, -0.05) is 37.3 Å². The van der Waals surface area contributed by atoms with Gasteiger partial charge in [-0.3, -0.25) is 0 Å². The van der Waals surface area contributed by atoms with Crippen LogP contribution in [0.15, 0.2) is 42.5 Å². The SMILES string of the molecule is CCc1ccc(Cc2ccc(O)cc2OC2SC(CO)C(O)C(O)C2O)cc1. The third kappa shape index (κ3) is 4.61. The first-order valence-electron chi connectivity index (χ1n) is 9.29. The van der Waals surface area contributed by atoms with E-state index in [0.717, 1.165) is 29.3 Å². The van der Waals surface area contributed by atoms with Crippen LogP contribution in [-0.2, 0) is 12.8 Å². The number of ether oxygens (including phenoxy) is 1. The lowest BCUT2D eigenvalue weighted by atomic mass is 10.0. The first-order chi connectivity index (χ1) is 13.4. The van der Waals surface area contributed by atoms with E-state index in [9.17, 15) is 25.5 Å². The second-order valence-electron chi connectivity index (χ2n) is 6.95. The zero-order valence-corrected chi connectivity index (χ0v) is 16.4. The predicted octanol–water partition coefficient (Wildman–Crippen LogP) is 1.44. The molecule has 2 aromatic carbocycles. The molecule has 0 saturated carbocycles. The number of aromatic hydroxyl groups is 1. The van der Waals surface area contributed by atoms with Crippen molar-refractivity contribution in [1.29, 1.82) is 0 Å². The molecule has 0 radical (unpaired) electrons. The van der Waals surface area contributed by atoms with E-state index in [1.165, 1.54) is 11.6 Å². The van der Waals surface area contributed by atoms with Crippen LogP contribution in [0.2, 0.25) is 0 Å². The molecule has 0 aliphatic carbocycles. The molecule has 0 amide bonds. The van der Waals surface area contributed by atoms with E-state index in [0.29, 0.717) is 12.2 Å². The molecular formula is C21H26O6S. The highest BCUT2D eigenvalue weighted by Gasteiger charge is 2.44. The highest BCUT2D eigenvalue weighted by atomic mass is 32.2. The lowest BCUT2D eigenvalue weighted by Gasteiger charge is -2.39. The van der Waals surface area contributed by atoms with Crippen molar-refractivity contribution in [3.63, 3.8) is 0 Å². The predicted molar refractivity (Wildman–Crippen MR) is 108 cm³/mol. The summed E-state index contributed by atoms with van der Waals surface area (Å²) in [5.74, 6) is 0.408. The summed E-state index contributed by atoms with van der Waals surface area (Å²) in [6.07, 6.45) is -2.47. The molecule has 152 valence electrons. The number of hydrogen-bond acceptors (Lipinski definition) is 7. The molecule has 6 nitrogen and oxygen atoms in total. The Hall–Kier alpha value is -1.77. The van der Waals surface area contributed by atoms with Crippen molar-refractivity contribution in [2.45, 2.75) is 48.8 Å². The van der Waals surface area contributed by atoms with Gasteiger partial charge < -0.3 is 30.3 Å². The number of benzene rings is 2. The number of thioether (sulfide) groups is 1. The van der Waals surface area contributed by atoms with Gasteiger partial charge in [0, 0.05) is 12.5 Å². The van der Waals surface area contributed by atoms with Gasteiger partial charge in [-0.15, -0.1) is 11.8 Å². The van der Waals surface area contributed by atoms with Crippen LogP contribution >= 0.6 is 11.8 Å². The van der Waals surface area contributed by atoms with Gasteiger partial charge in [-0.25, -0.2) is 0 Å². The van der Waals surface area contributed by atoms with Crippen molar-refractivity contribution in [1.82, 2.24) is 0 Å². The maximum absolute atomic E-state index is 10.3. The minimum atomic E-state index is -1.43.